The summed E-state index contributed by atoms with van der Waals surface area (Å²) >= 11 is 0. The van der Waals surface area contributed by atoms with E-state index in [0.717, 1.165) is 24.3 Å². The second kappa shape index (κ2) is 5.37. The van der Waals surface area contributed by atoms with Gasteiger partial charge in [-0.3, -0.25) is 4.90 Å². The molecule has 22 heavy (non-hydrogen) atoms. The van der Waals surface area contributed by atoms with E-state index in [9.17, 15) is 0 Å². The average molecular weight is 297 g/mol. The van der Waals surface area contributed by atoms with Crippen LogP contribution < -0.4 is 0 Å². The molecule has 4 aliphatic rings. The zero-order valence-corrected chi connectivity index (χ0v) is 14.5. The Balaban J connectivity index is 1.52. The first-order chi connectivity index (χ1) is 10.5. The molecular formula is C21H31N. The van der Waals surface area contributed by atoms with Gasteiger partial charge in [-0.05, 0) is 80.4 Å². The molecule has 0 radical (unpaired) electrons. The number of rotatable bonds is 4. The molecule has 4 bridgehead atoms. The maximum Gasteiger partial charge on any atom is 0.0236 e. The molecule has 0 atom stereocenters. The van der Waals surface area contributed by atoms with Crippen LogP contribution in [0.25, 0.3) is 0 Å². The van der Waals surface area contributed by atoms with Crippen LogP contribution in [0, 0.1) is 17.8 Å². The van der Waals surface area contributed by atoms with Gasteiger partial charge in [0.1, 0.15) is 0 Å². The van der Waals surface area contributed by atoms with Crippen LogP contribution in [0.3, 0.4) is 0 Å². The first kappa shape index (κ1) is 14.8. The third-order valence-electron chi connectivity index (χ3n) is 6.85. The van der Waals surface area contributed by atoms with Crippen LogP contribution in [0.1, 0.15) is 69.4 Å². The first-order valence-corrected chi connectivity index (χ1v) is 9.34. The maximum absolute atomic E-state index is 2.73. The molecule has 1 aromatic rings. The molecule has 0 spiro atoms. The molecule has 0 aromatic heterocycles. The highest BCUT2D eigenvalue weighted by Crippen LogP contribution is 2.57. The predicted octanol–water partition coefficient (Wildman–Crippen LogP) is 5.21. The maximum atomic E-state index is 2.73. The van der Waals surface area contributed by atoms with Crippen LogP contribution in [0.15, 0.2) is 24.3 Å². The highest BCUT2D eigenvalue weighted by Gasteiger charge is 2.52. The lowest BCUT2D eigenvalue weighted by Gasteiger charge is -2.60. The summed E-state index contributed by atoms with van der Waals surface area (Å²) in [6.07, 6.45) is 9.03. The van der Waals surface area contributed by atoms with Crippen molar-refractivity contribution in [3.05, 3.63) is 35.4 Å². The predicted molar refractivity (Wildman–Crippen MR) is 92.9 cm³/mol. The minimum atomic E-state index is 0.530. The van der Waals surface area contributed by atoms with Gasteiger partial charge in [0.2, 0.25) is 0 Å². The third-order valence-corrected chi connectivity index (χ3v) is 6.85. The fourth-order valence-electron chi connectivity index (χ4n) is 6.02. The zero-order valence-electron chi connectivity index (χ0n) is 14.5. The molecule has 0 aliphatic heterocycles. The summed E-state index contributed by atoms with van der Waals surface area (Å²) in [7, 11) is 2.40. The van der Waals surface area contributed by atoms with Crippen molar-refractivity contribution in [2.24, 2.45) is 17.8 Å². The number of nitrogens with zero attached hydrogens (tertiary/aromatic N) is 1. The minimum absolute atomic E-state index is 0.530. The first-order valence-electron chi connectivity index (χ1n) is 9.34. The van der Waals surface area contributed by atoms with Crippen molar-refractivity contribution in [1.82, 2.24) is 4.90 Å². The van der Waals surface area contributed by atoms with Crippen molar-refractivity contribution in [3.8, 4) is 0 Å². The largest absolute Gasteiger partial charge is 0.296 e. The van der Waals surface area contributed by atoms with E-state index in [-0.39, 0.29) is 0 Å². The highest BCUT2D eigenvalue weighted by atomic mass is 15.2. The van der Waals surface area contributed by atoms with Gasteiger partial charge in [0.05, 0.1) is 0 Å². The molecule has 0 saturated heterocycles. The van der Waals surface area contributed by atoms with Gasteiger partial charge in [-0.15, -0.1) is 0 Å². The molecule has 5 rings (SSSR count). The molecule has 120 valence electrons. The Hall–Kier alpha value is -0.820. The molecule has 4 fully saturated rings. The molecule has 1 nitrogen and oxygen atoms in total. The highest BCUT2D eigenvalue weighted by molar-refractivity contribution is 5.26. The summed E-state index contributed by atoms with van der Waals surface area (Å²) < 4.78 is 0. The average Bonchev–Trinajstić information content (AvgIpc) is 2.46. The molecule has 0 N–H and O–H groups in total. The van der Waals surface area contributed by atoms with Crippen LogP contribution in [0.4, 0.5) is 0 Å². The molecule has 1 aromatic carbocycles. The molecular weight excluding hydrogens is 266 g/mol. The molecule has 0 unspecified atom stereocenters. The van der Waals surface area contributed by atoms with E-state index >= 15 is 0 Å². The summed E-state index contributed by atoms with van der Waals surface area (Å²) in [5.41, 5.74) is 3.52. The Morgan fingerprint density at radius 3 is 2.18 bits per heavy atom. The van der Waals surface area contributed by atoms with Crippen LogP contribution in [0.2, 0.25) is 0 Å². The Morgan fingerprint density at radius 1 is 1.05 bits per heavy atom. The Kier molecular flexibility index (Phi) is 3.60. The van der Waals surface area contributed by atoms with Gasteiger partial charge >= 0.3 is 0 Å². The number of hydrogen-bond donors (Lipinski definition) is 0. The summed E-state index contributed by atoms with van der Waals surface area (Å²) in [6, 6.07) is 9.28. The normalized spacial score (nSPS) is 36.5. The van der Waals surface area contributed by atoms with Gasteiger partial charge in [-0.25, -0.2) is 0 Å². The fraction of sp³-hybridized carbons (Fsp3) is 0.714. The van der Waals surface area contributed by atoms with Gasteiger partial charge in [-0.1, -0.05) is 38.1 Å². The van der Waals surface area contributed by atoms with Gasteiger partial charge in [-0.2, -0.15) is 0 Å². The quantitative estimate of drug-likeness (QED) is 0.737. The van der Waals surface area contributed by atoms with Gasteiger partial charge in [0.15, 0.2) is 0 Å². The van der Waals surface area contributed by atoms with Gasteiger partial charge in [0, 0.05) is 12.1 Å². The lowest BCUT2D eigenvalue weighted by atomic mass is 9.52. The van der Waals surface area contributed by atoms with E-state index in [1.807, 2.05) is 0 Å². The van der Waals surface area contributed by atoms with Crippen molar-refractivity contribution in [2.75, 3.05) is 7.05 Å². The van der Waals surface area contributed by atoms with E-state index in [1.165, 1.54) is 49.7 Å². The molecule has 4 aliphatic carbocycles. The zero-order chi connectivity index (χ0) is 15.3. The molecule has 0 amide bonds. The van der Waals surface area contributed by atoms with Gasteiger partial charge in [0.25, 0.3) is 0 Å². The Labute approximate surface area is 136 Å². The second-order valence-corrected chi connectivity index (χ2v) is 8.90. The standard InChI is InChI=1S/C21H31N/c1-15(2)20-6-4-5-16(10-20)14-22(3)21-11-17-7-18(12-21)9-19(8-17)13-21/h4-6,10,15,17-19H,7-9,11-14H2,1-3H3. The lowest BCUT2D eigenvalue weighted by Crippen LogP contribution is -2.58. The van der Waals surface area contributed by atoms with E-state index in [2.05, 4.69) is 50.1 Å². The lowest BCUT2D eigenvalue weighted by molar-refractivity contribution is -0.0822. The fourth-order valence-corrected chi connectivity index (χ4v) is 6.02. The molecule has 0 heterocycles. The van der Waals surface area contributed by atoms with Crippen LogP contribution in [-0.4, -0.2) is 17.5 Å². The van der Waals surface area contributed by atoms with Crippen LogP contribution >= 0.6 is 0 Å². The minimum Gasteiger partial charge on any atom is -0.296 e. The van der Waals surface area contributed by atoms with Crippen molar-refractivity contribution in [1.29, 1.82) is 0 Å². The van der Waals surface area contributed by atoms with E-state index in [0.29, 0.717) is 11.5 Å². The third kappa shape index (κ3) is 2.52. The summed E-state index contributed by atoms with van der Waals surface area (Å²) in [5, 5.41) is 0. The molecule has 4 saturated carbocycles. The van der Waals surface area contributed by atoms with Crippen LogP contribution in [0.5, 0.6) is 0 Å². The van der Waals surface area contributed by atoms with Crippen molar-refractivity contribution in [3.63, 3.8) is 0 Å². The summed E-state index contributed by atoms with van der Waals surface area (Å²) in [6.45, 7) is 5.72. The SMILES string of the molecule is CC(C)c1cccc(CN(C)C23CC4CC(CC(C4)C2)C3)c1. The number of hydrogen-bond acceptors (Lipinski definition) is 1. The smallest absolute Gasteiger partial charge is 0.0236 e. The van der Waals surface area contributed by atoms with Crippen molar-refractivity contribution in [2.45, 2.75) is 70.4 Å². The monoisotopic (exact) mass is 297 g/mol. The topological polar surface area (TPSA) is 3.24 Å². The van der Waals surface area contributed by atoms with E-state index < -0.39 is 0 Å². The Bertz CT molecular complexity index is 509. The van der Waals surface area contributed by atoms with Crippen LogP contribution in [-0.2, 0) is 6.54 Å². The van der Waals surface area contributed by atoms with Crippen molar-refractivity contribution < 1.29 is 0 Å². The molecule has 1 heteroatoms. The van der Waals surface area contributed by atoms with E-state index in [4.69, 9.17) is 0 Å². The van der Waals surface area contributed by atoms with Crippen molar-refractivity contribution >= 4 is 0 Å². The second-order valence-electron chi connectivity index (χ2n) is 8.90. The summed E-state index contributed by atoms with van der Waals surface area (Å²) in [4.78, 5) is 2.73. The number of benzene rings is 1. The van der Waals surface area contributed by atoms with Gasteiger partial charge < -0.3 is 0 Å². The Morgan fingerprint density at radius 2 is 1.64 bits per heavy atom. The van der Waals surface area contributed by atoms with E-state index in [1.54, 1.807) is 0 Å². The summed E-state index contributed by atoms with van der Waals surface area (Å²) in [5.74, 6) is 3.74.